The molecule has 3 aromatic rings. The van der Waals surface area contributed by atoms with Gasteiger partial charge in [0.15, 0.2) is 17.4 Å². The van der Waals surface area contributed by atoms with Gasteiger partial charge in [-0.25, -0.2) is 4.39 Å². The van der Waals surface area contributed by atoms with Gasteiger partial charge in [0.2, 0.25) is 0 Å². The molecule has 2 heterocycles. The molecule has 1 aliphatic heterocycles. The van der Waals surface area contributed by atoms with Crippen molar-refractivity contribution in [2.45, 2.75) is 45.2 Å². The second-order valence-electron chi connectivity index (χ2n) is 9.73. The third-order valence-corrected chi connectivity index (χ3v) is 6.74. The van der Waals surface area contributed by atoms with Crippen LogP contribution in [0.4, 0.5) is 10.2 Å². The van der Waals surface area contributed by atoms with Gasteiger partial charge < -0.3 is 19.7 Å². The number of aryl methyl sites for hydroxylation is 1. The number of halogens is 1. The lowest BCUT2D eigenvalue weighted by Gasteiger charge is -2.32. The number of rotatable bonds is 11. The number of likely N-dealkylation sites (tertiary alicyclic amines) is 1. The summed E-state index contributed by atoms with van der Waals surface area (Å²) in [5.74, 6) is 1.67. The topological polar surface area (TPSA) is 62.8 Å². The fraction of sp³-hybridized carbons (Fsp3) is 0.500. The fourth-order valence-corrected chi connectivity index (χ4v) is 4.69. The molecule has 0 radical (unpaired) electrons. The minimum absolute atomic E-state index is 0.287. The van der Waals surface area contributed by atoms with Crippen LogP contribution >= 0.6 is 0 Å². The second kappa shape index (κ2) is 12.3. The molecule has 36 heavy (non-hydrogen) atoms. The number of piperidine rings is 1. The van der Waals surface area contributed by atoms with Crippen molar-refractivity contribution in [3.8, 4) is 11.5 Å². The van der Waals surface area contributed by atoms with Gasteiger partial charge in [0.25, 0.3) is 0 Å². The zero-order valence-electron chi connectivity index (χ0n) is 21.9. The lowest BCUT2D eigenvalue weighted by Crippen LogP contribution is -2.38. The number of nitrogens with zero attached hydrogens (tertiary/aromatic N) is 4. The summed E-state index contributed by atoms with van der Waals surface area (Å²) in [7, 11) is 5.72. The summed E-state index contributed by atoms with van der Waals surface area (Å²) in [4.78, 5) is 4.47. The van der Waals surface area contributed by atoms with E-state index in [0.717, 1.165) is 85.5 Å². The van der Waals surface area contributed by atoms with Crippen LogP contribution in [0, 0.1) is 5.82 Å². The summed E-state index contributed by atoms with van der Waals surface area (Å²) < 4.78 is 25.6. The zero-order valence-corrected chi connectivity index (χ0v) is 21.9. The molecule has 1 saturated heterocycles. The van der Waals surface area contributed by atoms with Gasteiger partial charge in [0.1, 0.15) is 5.75 Å². The maximum Gasteiger partial charge on any atom is 0.165 e. The molecule has 0 amide bonds. The van der Waals surface area contributed by atoms with Gasteiger partial charge in [-0.1, -0.05) is 13.0 Å². The van der Waals surface area contributed by atoms with Crippen molar-refractivity contribution in [2.24, 2.45) is 0 Å². The minimum Gasteiger partial charge on any atom is -0.497 e. The van der Waals surface area contributed by atoms with E-state index < -0.39 is 0 Å². The Kier molecular flexibility index (Phi) is 8.93. The average Bonchev–Trinajstić information content (AvgIpc) is 2.88. The highest BCUT2D eigenvalue weighted by molar-refractivity contribution is 5.94. The number of methoxy groups -OCH3 is 1. The molecule has 4 rings (SSSR count). The molecule has 0 unspecified atom stereocenters. The largest absolute Gasteiger partial charge is 0.497 e. The van der Waals surface area contributed by atoms with Gasteiger partial charge in [-0.15, -0.1) is 5.10 Å². The van der Waals surface area contributed by atoms with Crippen molar-refractivity contribution in [3.63, 3.8) is 0 Å². The second-order valence-corrected chi connectivity index (χ2v) is 9.73. The van der Waals surface area contributed by atoms with Crippen LogP contribution in [-0.4, -0.2) is 73.5 Å². The van der Waals surface area contributed by atoms with Crippen LogP contribution in [0.2, 0.25) is 0 Å². The number of aromatic nitrogens is 2. The van der Waals surface area contributed by atoms with E-state index in [4.69, 9.17) is 9.47 Å². The Morgan fingerprint density at radius 3 is 2.58 bits per heavy atom. The van der Waals surface area contributed by atoms with Gasteiger partial charge in [-0.05, 0) is 75.7 Å². The van der Waals surface area contributed by atoms with Gasteiger partial charge in [-0.3, -0.25) is 4.90 Å². The number of anilines is 1. The molecule has 0 atom stereocenters. The molecule has 0 saturated carbocycles. The molecule has 1 aliphatic rings. The highest BCUT2D eigenvalue weighted by Gasteiger charge is 2.21. The van der Waals surface area contributed by atoms with E-state index in [1.807, 2.05) is 32.3 Å². The molecule has 2 aromatic carbocycles. The van der Waals surface area contributed by atoms with Crippen molar-refractivity contribution in [2.75, 3.05) is 52.8 Å². The zero-order chi connectivity index (χ0) is 25.5. The third-order valence-electron chi connectivity index (χ3n) is 6.74. The number of hydrogen-bond acceptors (Lipinski definition) is 7. The van der Waals surface area contributed by atoms with E-state index in [1.54, 1.807) is 19.2 Å². The highest BCUT2D eigenvalue weighted by atomic mass is 19.1. The summed E-state index contributed by atoms with van der Waals surface area (Å²) >= 11 is 0. The normalized spacial score (nSPS) is 14.9. The quantitative estimate of drug-likeness (QED) is 0.385. The van der Waals surface area contributed by atoms with Gasteiger partial charge in [-0.2, -0.15) is 5.10 Å². The van der Waals surface area contributed by atoms with Crippen LogP contribution in [0.3, 0.4) is 0 Å². The molecule has 194 valence electrons. The summed E-state index contributed by atoms with van der Waals surface area (Å²) in [6.07, 6.45) is 3.67. The molecule has 0 bridgehead atoms. The summed E-state index contributed by atoms with van der Waals surface area (Å²) in [6, 6.07) is 11.7. The number of hydrogen-bond donors (Lipinski definition) is 1. The van der Waals surface area contributed by atoms with Crippen LogP contribution in [0.15, 0.2) is 36.4 Å². The third kappa shape index (κ3) is 6.62. The Morgan fingerprint density at radius 2 is 1.89 bits per heavy atom. The van der Waals surface area contributed by atoms with Crippen LogP contribution in [0.1, 0.15) is 37.4 Å². The van der Waals surface area contributed by atoms with E-state index in [9.17, 15) is 4.39 Å². The molecule has 7 nitrogen and oxygen atoms in total. The first kappa shape index (κ1) is 26.1. The molecule has 1 N–H and O–H groups in total. The lowest BCUT2D eigenvalue weighted by atomic mass is 10.0. The lowest BCUT2D eigenvalue weighted by molar-refractivity contribution is 0.210. The Labute approximate surface area is 213 Å². The predicted octanol–water partition coefficient (Wildman–Crippen LogP) is 4.75. The maximum atomic E-state index is 14.5. The first-order valence-electron chi connectivity index (χ1n) is 12.8. The summed E-state index contributed by atoms with van der Waals surface area (Å²) in [5, 5.41) is 14.7. The van der Waals surface area contributed by atoms with Crippen molar-refractivity contribution < 1.29 is 13.9 Å². The van der Waals surface area contributed by atoms with Crippen LogP contribution in [-0.2, 0) is 13.0 Å². The molecule has 0 aliphatic carbocycles. The van der Waals surface area contributed by atoms with Crippen molar-refractivity contribution in [1.82, 2.24) is 20.0 Å². The van der Waals surface area contributed by atoms with Gasteiger partial charge in [0.05, 0.1) is 19.4 Å². The molecular formula is C28H38FN5O2. The van der Waals surface area contributed by atoms with Crippen LogP contribution in [0.5, 0.6) is 11.5 Å². The predicted molar refractivity (Wildman–Crippen MR) is 142 cm³/mol. The van der Waals surface area contributed by atoms with E-state index in [2.05, 4.69) is 38.3 Å². The first-order valence-corrected chi connectivity index (χ1v) is 12.8. The Balaban J connectivity index is 1.32. The fourth-order valence-electron chi connectivity index (χ4n) is 4.69. The van der Waals surface area contributed by atoms with E-state index in [1.165, 1.54) is 0 Å². The number of ether oxygens (including phenoxy) is 2. The molecule has 0 spiro atoms. The molecule has 8 heteroatoms. The van der Waals surface area contributed by atoms with Gasteiger partial charge in [0, 0.05) is 43.0 Å². The van der Waals surface area contributed by atoms with Crippen LogP contribution < -0.4 is 14.8 Å². The van der Waals surface area contributed by atoms with Crippen LogP contribution in [0.25, 0.3) is 10.8 Å². The Hall–Kier alpha value is -2.97. The SMILES string of the molecule is CCc1nnc(NC2CCN(Cc3ccc(OCCCN(C)C)c(F)c3)CC2)c2cc(OC)ccc12. The van der Waals surface area contributed by atoms with Crippen molar-refractivity contribution in [3.05, 3.63) is 53.5 Å². The standard InChI is InChI=1S/C28H38FN5O2/c1-5-26-23-9-8-22(35-4)18-24(23)28(32-31-26)30-21-11-14-34(15-12-21)19-20-7-10-27(25(29)17-20)36-16-6-13-33(2)3/h7-10,17-18,21H,5-6,11-16,19H2,1-4H3,(H,30,32). The summed E-state index contributed by atoms with van der Waals surface area (Å²) in [5.41, 5.74) is 1.96. The molecule has 1 fully saturated rings. The minimum atomic E-state index is -0.287. The average molecular weight is 496 g/mol. The summed E-state index contributed by atoms with van der Waals surface area (Å²) in [6.45, 7) is 6.13. The van der Waals surface area contributed by atoms with Crippen molar-refractivity contribution in [1.29, 1.82) is 0 Å². The number of nitrogens with one attached hydrogen (secondary N) is 1. The maximum absolute atomic E-state index is 14.5. The molecule has 1 aromatic heterocycles. The number of fused-ring (bicyclic) bond motifs is 1. The highest BCUT2D eigenvalue weighted by Crippen LogP contribution is 2.29. The van der Waals surface area contributed by atoms with Crippen molar-refractivity contribution >= 4 is 16.6 Å². The number of benzene rings is 2. The van der Waals surface area contributed by atoms with E-state index in [0.29, 0.717) is 18.4 Å². The Bertz CT molecular complexity index is 1150. The van der Waals surface area contributed by atoms with Gasteiger partial charge >= 0.3 is 0 Å². The van der Waals surface area contributed by atoms with E-state index in [-0.39, 0.29) is 5.82 Å². The van der Waals surface area contributed by atoms with E-state index >= 15 is 0 Å². The monoisotopic (exact) mass is 495 g/mol. The molecular weight excluding hydrogens is 457 g/mol. The first-order chi connectivity index (χ1) is 17.5. The smallest absolute Gasteiger partial charge is 0.165 e. The Morgan fingerprint density at radius 1 is 1.08 bits per heavy atom.